The van der Waals surface area contributed by atoms with Crippen LogP contribution in [0, 0.1) is 11.9 Å². The van der Waals surface area contributed by atoms with Gasteiger partial charge >= 0.3 is 0 Å². The first kappa shape index (κ1) is 12.6. The molecule has 16 heavy (non-hydrogen) atoms. The van der Waals surface area contributed by atoms with Crippen LogP contribution in [0.15, 0.2) is 18.3 Å². The fourth-order valence-electron chi connectivity index (χ4n) is 1.22. The van der Waals surface area contributed by atoms with Gasteiger partial charge in [0.2, 0.25) is 5.95 Å². The van der Waals surface area contributed by atoms with Crippen LogP contribution in [0.2, 0.25) is 0 Å². The lowest BCUT2D eigenvalue weighted by molar-refractivity contribution is 0.0892. The molecule has 1 atom stereocenters. The molecule has 1 rings (SSSR count). The number of hydrogen-bond donors (Lipinski definition) is 2. The summed E-state index contributed by atoms with van der Waals surface area (Å²) in [6, 6.07) is 2.46. The Morgan fingerprint density at radius 2 is 2.31 bits per heavy atom. The number of hydrogen-bond acceptors (Lipinski definition) is 3. The van der Waals surface area contributed by atoms with Gasteiger partial charge in [-0.15, -0.1) is 0 Å². The molecule has 0 saturated heterocycles. The molecule has 0 aliphatic rings. The first-order valence-corrected chi connectivity index (χ1v) is 5.08. The monoisotopic (exact) mass is 226 g/mol. The predicted octanol–water partition coefficient (Wildman–Crippen LogP) is 0.967. The van der Waals surface area contributed by atoms with Gasteiger partial charge in [0.15, 0.2) is 0 Å². The van der Waals surface area contributed by atoms with E-state index in [4.69, 9.17) is 5.11 Å². The van der Waals surface area contributed by atoms with Crippen LogP contribution in [0.1, 0.15) is 24.2 Å². The topological polar surface area (TPSA) is 62.2 Å². The van der Waals surface area contributed by atoms with Crippen molar-refractivity contribution >= 4 is 5.91 Å². The Hall–Kier alpha value is -1.49. The molecule has 0 fully saturated rings. The van der Waals surface area contributed by atoms with Gasteiger partial charge in [0.1, 0.15) is 0 Å². The van der Waals surface area contributed by atoms with E-state index in [1.807, 2.05) is 13.8 Å². The third kappa shape index (κ3) is 3.00. The van der Waals surface area contributed by atoms with Gasteiger partial charge in [-0.1, -0.05) is 13.8 Å². The summed E-state index contributed by atoms with van der Waals surface area (Å²) in [5.41, 5.74) is -0.110. The second-order valence-corrected chi connectivity index (χ2v) is 3.85. The normalized spacial score (nSPS) is 12.6. The molecule has 4 nitrogen and oxygen atoms in total. The highest BCUT2D eigenvalue weighted by Crippen LogP contribution is 2.06. The Bertz CT molecular complexity index is 369. The van der Waals surface area contributed by atoms with Crippen LogP contribution in [0.5, 0.6) is 0 Å². The second kappa shape index (κ2) is 5.55. The van der Waals surface area contributed by atoms with Crippen molar-refractivity contribution in [1.29, 1.82) is 0 Å². The molecule has 1 amide bonds. The number of pyridine rings is 1. The Morgan fingerprint density at radius 1 is 1.62 bits per heavy atom. The maximum absolute atomic E-state index is 13.2. The van der Waals surface area contributed by atoms with E-state index in [-0.39, 0.29) is 24.1 Å². The molecule has 0 aliphatic carbocycles. The van der Waals surface area contributed by atoms with Crippen molar-refractivity contribution in [2.45, 2.75) is 19.9 Å². The van der Waals surface area contributed by atoms with Crippen LogP contribution in [0.4, 0.5) is 4.39 Å². The Kier molecular flexibility index (Phi) is 4.37. The van der Waals surface area contributed by atoms with Crippen molar-refractivity contribution in [1.82, 2.24) is 10.3 Å². The highest BCUT2D eigenvalue weighted by atomic mass is 19.1. The van der Waals surface area contributed by atoms with Crippen LogP contribution < -0.4 is 5.32 Å². The number of aliphatic hydroxyl groups is 1. The molecule has 2 N–H and O–H groups in total. The number of carbonyl (C=O) groups excluding carboxylic acids is 1. The number of aromatic nitrogens is 1. The molecule has 0 radical (unpaired) electrons. The smallest absolute Gasteiger partial charge is 0.256 e. The first-order chi connectivity index (χ1) is 7.56. The van der Waals surface area contributed by atoms with E-state index in [1.165, 1.54) is 18.3 Å². The van der Waals surface area contributed by atoms with Gasteiger partial charge in [-0.25, -0.2) is 4.98 Å². The van der Waals surface area contributed by atoms with Crippen molar-refractivity contribution in [2.75, 3.05) is 6.61 Å². The van der Waals surface area contributed by atoms with Crippen molar-refractivity contribution in [3.05, 3.63) is 29.8 Å². The number of halogens is 1. The average molecular weight is 226 g/mol. The second-order valence-electron chi connectivity index (χ2n) is 3.85. The Labute approximate surface area is 93.5 Å². The van der Waals surface area contributed by atoms with Gasteiger partial charge < -0.3 is 10.4 Å². The highest BCUT2D eigenvalue weighted by molar-refractivity contribution is 5.94. The number of rotatable bonds is 4. The summed E-state index contributed by atoms with van der Waals surface area (Å²) in [5, 5.41) is 11.6. The van der Waals surface area contributed by atoms with E-state index in [0.29, 0.717) is 0 Å². The summed E-state index contributed by atoms with van der Waals surface area (Å²) >= 11 is 0. The number of nitrogens with one attached hydrogen (secondary N) is 1. The number of aliphatic hydroxyl groups excluding tert-OH is 1. The van der Waals surface area contributed by atoms with Crippen LogP contribution in [0.25, 0.3) is 0 Å². The molecule has 1 aromatic heterocycles. The summed E-state index contributed by atoms with van der Waals surface area (Å²) in [4.78, 5) is 15.0. The Balaban J connectivity index is 2.76. The molecule has 0 aromatic carbocycles. The molecule has 0 unspecified atom stereocenters. The number of nitrogens with zero attached hydrogens (tertiary/aromatic N) is 1. The van der Waals surface area contributed by atoms with E-state index in [1.54, 1.807) is 0 Å². The van der Waals surface area contributed by atoms with Gasteiger partial charge in [0.25, 0.3) is 5.91 Å². The van der Waals surface area contributed by atoms with Crippen molar-refractivity contribution in [3.63, 3.8) is 0 Å². The summed E-state index contributed by atoms with van der Waals surface area (Å²) in [7, 11) is 0. The molecule has 0 saturated carbocycles. The largest absolute Gasteiger partial charge is 0.394 e. The van der Waals surface area contributed by atoms with Gasteiger partial charge in [-0.05, 0) is 18.1 Å². The van der Waals surface area contributed by atoms with Gasteiger partial charge in [-0.2, -0.15) is 4.39 Å². The SMILES string of the molecule is CC(C)[C@@H](CO)NC(=O)c1cccnc1F. The van der Waals surface area contributed by atoms with Crippen LogP contribution in [-0.4, -0.2) is 28.6 Å². The molecule has 0 spiro atoms. The summed E-state index contributed by atoms with van der Waals surface area (Å²) in [6.45, 7) is 3.55. The van der Waals surface area contributed by atoms with Gasteiger partial charge in [0, 0.05) is 6.20 Å². The van der Waals surface area contributed by atoms with Gasteiger partial charge in [0.05, 0.1) is 18.2 Å². The maximum Gasteiger partial charge on any atom is 0.256 e. The predicted molar refractivity (Wildman–Crippen MR) is 57.4 cm³/mol. The lowest BCUT2D eigenvalue weighted by Gasteiger charge is -2.19. The summed E-state index contributed by atoms with van der Waals surface area (Å²) in [6.07, 6.45) is 1.28. The van der Waals surface area contributed by atoms with E-state index in [2.05, 4.69) is 10.3 Å². The quantitative estimate of drug-likeness (QED) is 0.752. The van der Waals surface area contributed by atoms with Crippen molar-refractivity contribution < 1.29 is 14.3 Å². The van der Waals surface area contributed by atoms with E-state index < -0.39 is 11.9 Å². The summed E-state index contributed by atoms with van der Waals surface area (Å²) in [5.74, 6) is -1.28. The fourth-order valence-corrected chi connectivity index (χ4v) is 1.22. The molecule has 0 bridgehead atoms. The van der Waals surface area contributed by atoms with Crippen molar-refractivity contribution in [2.24, 2.45) is 5.92 Å². The minimum Gasteiger partial charge on any atom is -0.394 e. The standard InChI is InChI=1S/C11H15FN2O2/c1-7(2)9(6-15)14-11(16)8-4-3-5-13-10(8)12/h3-5,7,9,15H,6H2,1-2H3,(H,14,16)/t9-/m1/s1. The molecular weight excluding hydrogens is 211 g/mol. The zero-order valence-corrected chi connectivity index (χ0v) is 9.27. The molecule has 1 aromatic rings. The average Bonchev–Trinajstić information content (AvgIpc) is 2.25. The van der Waals surface area contributed by atoms with Crippen molar-refractivity contribution in [3.8, 4) is 0 Å². The third-order valence-electron chi connectivity index (χ3n) is 2.32. The number of amides is 1. The van der Waals surface area contributed by atoms with E-state index in [0.717, 1.165) is 0 Å². The minimum atomic E-state index is -0.805. The molecule has 1 heterocycles. The molecular formula is C11H15FN2O2. The van der Waals surface area contributed by atoms with E-state index >= 15 is 0 Å². The van der Waals surface area contributed by atoms with E-state index in [9.17, 15) is 9.18 Å². The zero-order valence-electron chi connectivity index (χ0n) is 9.27. The van der Waals surface area contributed by atoms with Gasteiger partial charge in [-0.3, -0.25) is 4.79 Å². The molecule has 5 heteroatoms. The summed E-state index contributed by atoms with van der Waals surface area (Å²) < 4.78 is 13.2. The minimum absolute atomic E-state index is 0.0775. The zero-order chi connectivity index (χ0) is 12.1. The molecule has 0 aliphatic heterocycles. The van der Waals surface area contributed by atoms with Crippen LogP contribution >= 0.6 is 0 Å². The fraction of sp³-hybridized carbons (Fsp3) is 0.455. The Morgan fingerprint density at radius 3 is 2.81 bits per heavy atom. The van der Waals surface area contributed by atoms with Crippen LogP contribution in [-0.2, 0) is 0 Å². The first-order valence-electron chi connectivity index (χ1n) is 5.08. The number of carbonyl (C=O) groups is 1. The third-order valence-corrected chi connectivity index (χ3v) is 2.32. The highest BCUT2D eigenvalue weighted by Gasteiger charge is 2.18. The lowest BCUT2D eigenvalue weighted by Crippen LogP contribution is -2.41. The lowest BCUT2D eigenvalue weighted by atomic mass is 10.1. The van der Waals surface area contributed by atoms with Crippen LogP contribution in [0.3, 0.4) is 0 Å². The molecule has 88 valence electrons. The maximum atomic E-state index is 13.2.